The van der Waals surface area contributed by atoms with Gasteiger partial charge in [0.15, 0.2) is 0 Å². The normalized spacial score (nSPS) is 29.3. The quantitative estimate of drug-likeness (QED) is 0.820. The van der Waals surface area contributed by atoms with Gasteiger partial charge in [-0.1, -0.05) is 12.8 Å². The molecule has 2 N–H and O–H groups in total. The first-order chi connectivity index (χ1) is 10.3. The number of hydrogen-bond acceptors (Lipinski definition) is 3. The highest BCUT2D eigenvalue weighted by atomic mass is 16.3. The number of rotatable bonds is 5. The molecule has 1 aromatic heterocycles. The molecule has 2 aliphatic carbocycles. The molecule has 0 bridgehead atoms. The lowest BCUT2D eigenvalue weighted by Gasteiger charge is -2.28. The second-order valence-corrected chi connectivity index (χ2v) is 6.82. The number of aryl methyl sites for hydroxylation is 1. The molecule has 3 atom stereocenters. The van der Waals surface area contributed by atoms with E-state index < -0.39 is 0 Å². The van der Waals surface area contributed by atoms with E-state index in [0.717, 1.165) is 19.4 Å². The van der Waals surface area contributed by atoms with Gasteiger partial charge >= 0.3 is 0 Å². The first-order valence-corrected chi connectivity index (χ1v) is 8.68. The van der Waals surface area contributed by atoms with Gasteiger partial charge in [-0.2, -0.15) is 5.10 Å². The van der Waals surface area contributed by atoms with Crippen LogP contribution in [0.3, 0.4) is 0 Å². The van der Waals surface area contributed by atoms with Crippen LogP contribution in [0, 0.1) is 5.92 Å². The molecule has 1 saturated carbocycles. The summed E-state index contributed by atoms with van der Waals surface area (Å²) in [6.45, 7) is 1.06. The Kier molecular flexibility index (Phi) is 4.96. The van der Waals surface area contributed by atoms with Crippen molar-refractivity contribution in [3.05, 3.63) is 17.5 Å². The molecule has 0 amide bonds. The van der Waals surface area contributed by atoms with Crippen LogP contribution in [-0.4, -0.2) is 27.5 Å². The maximum absolute atomic E-state index is 10.0. The van der Waals surface area contributed by atoms with Crippen LogP contribution in [0.1, 0.15) is 68.7 Å². The number of aliphatic hydroxyl groups is 1. The van der Waals surface area contributed by atoms with E-state index in [1.165, 1.54) is 56.2 Å². The Labute approximate surface area is 127 Å². The summed E-state index contributed by atoms with van der Waals surface area (Å²) in [5.41, 5.74) is 2.81. The highest BCUT2D eigenvalue weighted by Crippen LogP contribution is 2.30. The lowest BCUT2D eigenvalue weighted by molar-refractivity contribution is 0.0642. The molecule has 0 saturated heterocycles. The summed E-state index contributed by atoms with van der Waals surface area (Å²) in [7, 11) is 2.05. The summed E-state index contributed by atoms with van der Waals surface area (Å²) < 4.78 is 2.03. The Hall–Kier alpha value is -0.870. The van der Waals surface area contributed by atoms with Crippen LogP contribution < -0.4 is 5.32 Å². The van der Waals surface area contributed by atoms with Gasteiger partial charge in [-0.05, 0) is 57.4 Å². The molecular formula is C17H29N3O. The molecule has 3 rings (SSSR count). The predicted octanol–water partition coefficient (Wildman–Crippen LogP) is 2.72. The number of aromatic nitrogens is 2. The van der Waals surface area contributed by atoms with Gasteiger partial charge in [0, 0.05) is 24.3 Å². The molecule has 1 fully saturated rings. The second kappa shape index (κ2) is 6.93. The highest BCUT2D eigenvalue weighted by molar-refractivity contribution is 5.24. The van der Waals surface area contributed by atoms with Crippen molar-refractivity contribution in [2.75, 3.05) is 6.54 Å². The molecule has 0 spiro atoms. The van der Waals surface area contributed by atoms with Crippen LogP contribution >= 0.6 is 0 Å². The largest absolute Gasteiger partial charge is 0.393 e. The van der Waals surface area contributed by atoms with Crippen LogP contribution in [0.15, 0.2) is 6.20 Å². The van der Waals surface area contributed by atoms with Crippen molar-refractivity contribution in [3.63, 3.8) is 0 Å². The summed E-state index contributed by atoms with van der Waals surface area (Å²) in [6.07, 6.45) is 12.7. The van der Waals surface area contributed by atoms with Crippen LogP contribution in [0.4, 0.5) is 0 Å². The number of nitrogens with one attached hydrogen (secondary N) is 1. The van der Waals surface area contributed by atoms with Crippen molar-refractivity contribution in [1.29, 1.82) is 0 Å². The van der Waals surface area contributed by atoms with E-state index in [4.69, 9.17) is 0 Å². The molecule has 0 aromatic carbocycles. The van der Waals surface area contributed by atoms with Gasteiger partial charge in [0.1, 0.15) is 0 Å². The Morgan fingerprint density at radius 2 is 2.14 bits per heavy atom. The van der Waals surface area contributed by atoms with Crippen molar-refractivity contribution in [3.8, 4) is 0 Å². The third-order valence-electron chi connectivity index (χ3n) is 5.39. The Morgan fingerprint density at radius 3 is 3.00 bits per heavy atom. The molecule has 3 unspecified atom stereocenters. The summed E-state index contributed by atoms with van der Waals surface area (Å²) in [6, 6.07) is 0.485. The third-order valence-corrected chi connectivity index (χ3v) is 5.39. The molecular weight excluding hydrogens is 262 g/mol. The molecule has 4 nitrogen and oxygen atoms in total. The van der Waals surface area contributed by atoms with Gasteiger partial charge in [-0.25, -0.2) is 0 Å². The van der Waals surface area contributed by atoms with Crippen molar-refractivity contribution < 1.29 is 5.11 Å². The van der Waals surface area contributed by atoms with Crippen LogP contribution in [-0.2, 0) is 13.5 Å². The SMILES string of the molecule is Cn1ncc2c1CCCC2NCCCC1CCCCC1O. The zero-order valence-corrected chi connectivity index (χ0v) is 13.2. The second-order valence-electron chi connectivity index (χ2n) is 6.82. The smallest absolute Gasteiger partial charge is 0.0568 e. The predicted molar refractivity (Wildman–Crippen MR) is 84.1 cm³/mol. The minimum absolute atomic E-state index is 0.0432. The van der Waals surface area contributed by atoms with Gasteiger partial charge in [-0.15, -0.1) is 0 Å². The molecule has 21 heavy (non-hydrogen) atoms. The number of hydrogen-bond donors (Lipinski definition) is 2. The van der Waals surface area contributed by atoms with Gasteiger partial charge in [0.25, 0.3) is 0 Å². The fourth-order valence-corrected chi connectivity index (χ4v) is 4.08. The summed E-state index contributed by atoms with van der Waals surface area (Å²) in [4.78, 5) is 0. The van der Waals surface area contributed by atoms with Gasteiger partial charge < -0.3 is 10.4 Å². The van der Waals surface area contributed by atoms with Crippen LogP contribution in [0.25, 0.3) is 0 Å². The van der Waals surface area contributed by atoms with Gasteiger partial charge in [0.2, 0.25) is 0 Å². The summed E-state index contributed by atoms with van der Waals surface area (Å²) in [5, 5.41) is 18.1. The van der Waals surface area contributed by atoms with Crippen molar-refractivity contribution in [1.82, 2.24) is 15.1 Å². The Balaban J connectivity index is 1.44. The van der Waals surface area contributed by atoms with E-state index in [0.29, 0.717) is 12.0 Å². The van der Waals surface area contributed by atoms with E-state index in [1.807, 2.05) is 17.9 Å². The lowest BCUT2D eigenvalue weighted by atomic mass is 9.83. The van der Waals surface area contributed by atoms with Crippen LogP contribution in [0.5, 0.6) is 0 Å². The molecule has 1 aromatic rings. The monoisotopic (exact) mass is 291 g/mol. The minimum atomic E-state index is -0.0432. The van der Waals surface area contributed by atoms with E-state index in [-0.39, 0.29) is 6.10 Å². The van der Waals surface area contributed by atoms with Crippen molar-refractivity contribution in [2.24, 2.45) is 13.0 Å². The molecule has 1 heterocycles. The first kappa shape index (κ1) is 15.0. The minimum Gasteiger partial charge on any atom is -0.393 e. The summed E-state index contributed by atoms with van der Waals surface area (Å²) >= 11 is 0. The standard InChI is InChI=1S/C17H29N3O/c1-20-16-9-4-8-15(14(16)12-19-20)18-11-5-7-13-6-2-3-10-17(13)21/h12-13,15,17-18,21H,2-11H2,1H3. The highest BCUT2D eigenvalue weighted by Gasteiger charge is 2.24. The number of nitrogens with zero attached hydrogens (tertiary/aromatic N) is 2. The zero-order valence-electron chi connectivity index (χ0n) is 13.2. The Bertz CT molecular complexity index is 457. The topological polar surface area (TPSA) is 50.1 Å². The molecule has 118 valence electrons. The molecule has 2 aliphatic rings. The fraction of sp³-hybridized carbons (Fsp3) is 0.824. The average Bonchev–Trinajstić information content (AvgIpc) is 2.88. The Morgan fingerprint density at radius 1 is 1.29 bits per heavy atom. The average molecular weight is 291 g/mol. The van der Waals surface area contributed by atoms with E-state index in [2.05, 4.69) is 10.4 Å². The maximum atomic E-state index is 10.0. The van der Waals surface area contributed by atoms with Crippen molar-refractivity contribution >= 4 is 0 Å². The number of fused-ring (bicyclic) bond motifs is 1. The number of aliphatic hydroxyl groups excluding tert-OH is 1. The van der Waals surface area contributed by atoms with E-state index in [9.17, 15) is 5.11 Å². The fourth-order valence-electron chi connectivity index (χ4n) is 4.08. The maximum Gasteiger partial charge on any atom is 0.0568 e. The third kappa shape index (κ3) is 3.49. The van der Waals surface area contributed by atoms with Gasteiger partial charge in [-0.3, -0.25) is 4.68 Å². The molecule has 0 aliphatic heterocycles. The zero-order chi connectivity index (χ0) is 14.7. The molecule has 4 heteroatoms. The first-order valence-electron chi connectivity index (χ1n) is 8.68. The van der Waals surface area contributed by atoms with E-state index >= 15 is 0 Å². The van der Waals surface area contributed by atoms with E-state index in [1.54, 1.807) is 0 Å². The van der Waals surface area contributed by atoms with Crippen molar-refractivity contribution in [2.45, 2.75) is 69.9 Å². The lowest BCUT2D eigenvalue weighted by Crippen LogP contribution is -2.28. The summed E-state index contributed by atoms with van der Waals surface area (Å²) in [5.74, 6) is 0.542. The molecule has 0 radical (unpaired) electrons. The van der Waals surface area contributed by atoms with Gasteiger partial charge in [0.05, 0.1) is 12.3 Å². The van der Waals surface area contributed by atoms with Crippen LogP contribution in [0.2, 0.25) is 0 Å².